The monoisotopic (exact) mass is 309 g/mol. The molecule has 0 aliphatic heterocycles. The van der Waals surface area contributed by atoms with E-state index in [0.29, 0.717) is 0 Å². The van der Waals surface area contributed by atoms with Gasteiger partial charge in [0.05, 0.1) is 12.3 Å². The highest BCUT2D eigenvalue weighted by atomic mass is 16.2. The Morgan fingerprint density at radius 3 is 2.35 bits per heavy atom. The highest BCUT2D eigenvalue weighted by Crippen LogP contribution is 2.10. The molecule has 0 spiro atoms. The fraction of sp³-hybridized carbons (Fsp3) is 0.263. The second-order valence-electron chi connectivity index (χ2n) is 5.75. The molecule has 2 aromatic rings. The molecule has 0 aliphatic carbocycles. The Balaban J connectivity index is 1.89. The van der Waals surface area contributed by atoms with Crippen molar-refractivity contribution in [3.8, 4) is 0 Å². The molecule has 0 fully saturated rings. The van der Waals surface area contributed by atoms with Gasteiger partial charge in [-0.1, -0.05) is 29.8 Å². The lowest BCUT2D eigenvalue weighted by molar-refractivity contribution is -0.119. The predicted molar refractivity (Wildman–Crippen MR) is 95.9 cm³/mol. The van der Waals surface area contributed by atoms with Gasteiger partial charge in [-0.2, -0.15) is 5.10 Å². The maximum atomic E-state index is 11.9. The molecule has 1 amide bonds. The van der Waals surface area contributed by atoms with Gasteiger partial charge in [0.15, 0.2) is 0 Å². The number of aryl methyl sites for hydroxylation is 3. The standard InChI is InChI=1S/C19H23N3O/c1-13-5-9-18(10-6-13)20-12-19(23)22-21-16(4)17-8-7-14(2)15(3)11-17/h5-11,20H,12H2,1-4H3,(H,22,23)/b21-16+. The number of hydrazone groups is 1. The van der Waals surface area contributed by atoms with Crippen LogP contribution in [0, 0.1) is 20.8 Å². The zero-order chi connectivity index (χ0) is 16.8. The lowest BCUT2D eigenvalue weighted by atomic mass is 10.0. The molecule has 120 valence electrons. The first-order valence-corrected chi connectivity index (χ1v) is 7.67. The van der Waals surface area contributed by atoms with Crippen LogP contribution in [0.5, 0.6) is 0 Å². The van der Waals surface area contributed by atoms with Crippen LogP contribution < -0.4 is 10.7 Å². The van der Waals surface area contributed by atoms with Crippen molar-refractivity contribution in [2.24, 2.45) is 5.10 Å². The van der Waals surface area contributed by atoms with Crippen LogP contribution in [-0.4, -0.2) is 18.2 Å². The number of hydrogen-bond donors (Lipinski definition) is 2. The lowest BCUT2D eigenvalue weighted by Gasteiger charge is -2.07. The highest BCUT2D eigenvalue weighted by molar-refractivity contribution is 5.99. The van der Waals surface area contributed by atoms with Gasteiger partial charge >= 0.3 is 0 Å². The van der Waals surface area contributed by atoms with Crippen LogP contribution in [-0.2, 0) is 4.79 Å². The van der Waals surface area contributed by atoms with Gasteiger partial charge in [-0.25, -0.2) is 5.43 Å². The van der Waals surface area contributed by atoms with Crippen LogP contribution >= 0.6 is 0 Å². The van der Waals surface area contributed by atoms with E-state index in [1.807, 2.05) is 44.2 Å². The molecule has 0 unspecified atom stereocenters. The first-order chi connectivity index (χ1) is 11.0. The van der Waals surface area contributed by atoms with E-state index in [1.165, 1.54) is 16.7 Å². The molecular weight excluding hydrogens is 286 g/mol. The van der Waals surface area contributed by atoms with Crippen molar-refractivity contribution in [2.45, 2.75) is 27.7 Å². The third-order valence-electron chi connectivity index (χ3n) is 3.78. The number of nitrogens with one attached hydrogen (secondary N) is 2. The zero-order valence-corrected chi connectivity index (χ0v) is 14.1. The van der Waals surface area contributed by atoms with Gasteiger partial charge < -0.3 is 5.32 Å². The Bertz CT molecular complexity index is 718. The molecule has 0 atom stereocenters. The van der Waals surface area contributed by atoms with Crippen LogP contribution in [0.25, 0.3) is 0 Å². The average Bonchev–Trinajstić information content (AvgIpc) is 2.54. The molecule has 2 aromatic carbocycles. The fourth-order valence-electron chi connectivity index (χ4n) is 2.07. The maximum Gasteiger partial charge on any atom is 0.259 e. The third kappa shape index (κ3) is 4.95. The summed E-state index contributed by atoms with van der Waals surface area (Å²) in [6.45, 7) is 8.24. The summed E-state index contributed by atoms with van der Waals surface area (Å²) in [5.74, 6) is -0.172. The van der Waals surface area contributed by atoms with Crippen molar-refractivity contribution in [3.63, 3.8) is 0 Å². The highest BCUT2D eigenvalue weighted by Gasteiger charge is 2.03. The van der Waals surface area contributed by atoms with Crippen LogP contribution in [0.3, 0.4) is 0 Å². The number of amides is 1. The second kappa shape index (κ2) is 7.58. The van der Waals surface area contributed by atoms with E-state index in [0.717, 1.165) is 17.0 Å². The van der Waals surface area contributed by atoms with Crippen molar-refractivity contribution in [1.82, 2.24) is 5.43 Å². The molecule has 0 bridgehead atoms. The van der Waals surface area contributed by atoms with Crippen LogP contribution in [0.2, 0.25) is 0 Å². The van der Waals surface area contributed by atoms with E-state index in [-0.39, 0.29) is 12.5 Å². The molecular formula is C19H23N3O. The number of hydrogen-bond acceptors (Lipinski definition) is 3. The molecule has 23 heavy (non-hydrogen) atoms. The molecule has 4 nitrogen and oxygen atoms in total. The SMILES string of the molecule is C/C(=N\NC(=O)CNc1ccc(C)cc1)c1ccc(C)c(C)c1. The van der Waals surface area contributed by atoms with E-state index in [4.69, 9.17) is 0 Å². The Hall–Kier alpha value is -2.62. The summed E-state index contributed by atoms with van der Waals surface area (Å²) in [5, 5.41) is 7.24. The summed E-state index contributed by atoms with van der Waals surface area (Å²) in [6, 6.07) is 14.1. The van der Waals surface area contributed by atoms with Gasteiger partial charge in [-0.3, -0.25) is 4.79 Å². The summed E-state index contributed by atoms with van der Waals surface area (Å²) < 4.78 is 0. The van der Waals surface area contributed by atoms with E-state index in [9.17, 15) is 4.79 Å². The van der Waals surface area contributed by atoms with E-state index in [2.05, 4.69) is 41.8 Å². The third-order valence-corrected chi connectivity index (χ3v) is 3.78. The first-order valence-electron chi connectivity index (χ1n) is 7.67. The number of nitrogens with zero attached hydrogens (tertiary/aromatic N) is 1. The number of carbonyl (C=O) groups is 1. The van der Waals surface area contributed by atoms with Gasteiger partial charge in [0.1, 0.15) is 0 Å². The van der Waals surface area contributed by atoms with Crippen molar-refractivity contribution >= 4 is 17.3 Å². The van der Waals surface area contributed by atoms with Gasteiger partial charge in [-0.15, -0.1) is 0 Å². The van der Waals surface area contributed by atoms with Crippen LogP contribution in [0.1, 0.15) is 29.2 Å². The van der Waals surface area contributed by atoms with Crippen molar-refractivity contribution < 1.29 is 4.79 Å². The summed E-state index contributed by atoms with van der Waals surface area (Å²) in [7, 11) is 0. The minimum absolute atomic E-state index is 0.172. The van der Waals surface area contributed by atoms with Gasteiger partial charge in [-0.05, 0) is 62.6 Å². The summed E-state index contributed by atoms with van der Waals surface area (Å²) >= 11 is 0. The molecule has 0 heterocycles. The topological polar surface area (TPSA) is 53.5 Å². The number of anilines is 1. The minimum atomic E-state index is -0.172. The van der Waals surface area contributed by atoms with E-state index < -0.39 is 0 Å². The second-order valence-corrected chi connectivity index (χ2v) is 5.75. The average molecular weight is 309 g/mol. The molecule has 0 saturated heterocycles. The molecule has 0 aliphatic rings. The molecule has 0 aromatic heterocycles. The number of rotatable bonds is 5. The zero-order valence-electron chi connectivity index (χ0n) is 14.1. The number of benzene rings is 2. The Morgan fingerprint density at radius 2 is 1.70 bits per heavy atom. The van der Waals surface area contributed by atoms with Crippen LogP contribution in [0.4, 0.5) is 5.69 Å². The largest absolute Gasteiger partial charge is 0.376 e. The Kier molecular flexibility index (Phi) is 5.52. The lowest BCUT2D eigenvalue weighted by Crippen LogP contribution is -2.26. The van der Waals surface area contributed by atoms with Crippen molar-refractivity contribution in [3.05, 3.63) is 64.7 Å². The molecule has 0 radical (unpaired) electrons. The normalized spacial score (nSPS) is 11.2. The quantitative estimate of drug-likeness (QED) is 0.655. The molecule has 4 heteroatoms. The molecule has 2 N–H and O–H groups in total. The number of carbonyl (C=O) groups excluding carboxylic acids is 1. The first kappa shape index (κ1) is 16.7. The maximum absolute atomic E-state index is 11.9. The predicted octanol–water partition coefficient (Wildman–Crippen LogP) is 3.56. The molecule has 2 rings (SSSR count). The van der Waals surface area contributed by atoms with E-state index in [1.54, 1.807) is 0 Å². The summed E-state index contributed by atoms with van der Waals surface area (Å²) in [5.41, 5.74) is 8.95. The Morgan fingerprint density at radius 1 is 1.00 bits per heavy atom. The Labute approximate surface area is 137 Å². The summed E-state index contributed by atoms with van der Waals surface area (Å²) in [6.07, 6.45) is 0. The fourth-order valence-corrected chi connectivity index (χ4v) is 2.07. The van der Waals surface area contributed by atoms with Gasteiger partial charge in [0.25, 0.3) is 5.91 Å². The minimum Gasteiger partial charge on any atom is -0.376 e. The van der Waals surface area contributed by atoms with E-state index >= 15 is 0 Å². The smallest absolute Gasteiger partial charge is 0.259 e. The van der Waals surface area contributed by atoms with Crippen molar-refractivity contribution in [1.29, 1.82) is 0 Å². The van der Waals surface area contributed by atoms with Gasteiger partial charge in [0, 0.05) is 5.69 Å². The molecule has 0 saturated carbocycles. The summed E-state index contributed by atoms with van der Waals surface area (Å²) in [4.78, 5) is 11.9. The van der Waals surface area contributed by atoms with Crippen LogP contribution in [0.15, 0.2) is 47.6 Å². The van der Waals surface area contributed by atoms with Crippen molar-refractivity contribution in [2.75, 3.05) is 11.9 Å². The van der Waals surface area contributed by atoms with Gasteiger partial charge in [0.2, 0.25) is 0 Å².